The van der Waals surface area contributed by atoms with Crippen molar-refractivity contribution >= 4 is 5.91 Å². The molecule has 0 unspecified atom stereocenters. The molecule has 0 bridgehead atoms. The second-order valence-corrected chi connectivity index (χ2v) is 8.65. The number of methoxy groups -OCH3 is 1. The van der Waals surface area contributed by atoms with E-state index in [0.29, 0.717) is 23.7 Å². The maximum atomic E-state index is 12.9. The third kappa shape index (κ3) is 6.36. The summed E-state index contributed by atoms with van der Waals surface area (Å²) in [6.07, 6.45) is 1.90. The van der Waals surface area contributed by atoms with Crippen LogP contribution in [0.5, 0.6) is 11.5 Å². The number of carbonyl (C=O) groups is 1. The average Bonchev–Trinajstić information content (AvgIpc) is 2.84. The summed E-state index contributed by atoms with van der Waals surface area (Å²) in [5.74, 6) is 1.12. The molecule has 1 heterocycles. The first-order valence-electron chi connectivity index (χ1n) is 11.5. The number of carbonyl (C=O) groups excluding carboxylic acids is 1. The largest absolute Gasteiger partial charge is 0.493 e. The Kier molecular flexibility index (Phi) is 7.63. The van der Waals surface area contributed by atoms with Gasteiger partial charge in [-0.25, -0.2) is 0 Å². The SMILES string of the molecule is COc1cc(C(=O)NC2CCN(Cc3cccc(C)c3)CC2)ccc1OCc1ccccc1. The minimum absolute atomic E-state index is 0.0694. The van der Waals surface area contributed by atoms with E-state index < -0.39 is 0 Å². The Morgan fingerprint density at radius 1 is 0.939 bits per heavy atom. The molecular formula is C28H32N2O3. The van der Waals surface area contributed by atoms with Crippen molar-refractivity contribution in [2.45, 2.75) is 39.0 Å². The Bertz CT molecular complexity index is 1060. The molecule has 1 saturated heterocycles. The van der Waals surface area contributed by atoms with Crippen molar-refractivity contribution in [1.29, 1.82) is 0 Å². The maximum absolute atomic E-state index is 12.9. The molecule has 4 rings (SSSR count). The first kappa shape index (κ1) is 22.9. The van der Waals surface area contributed by atoms with Gasteiger partial charge >= 0.3 is 0 Å². The molecule has 0 aromatic heterocycles. The number of ether oxygens (including phenoxy) is 2. The molecule has 172 valence electrons. The van der Waals surface area contributed by atoms with Crippen LogP contribution in [-0.2, 0) is 13.2 Å². The Morgan fingerprint density at radius 2 is 1.70 bits per heavy atom. The van der Waals surface area contributed by atoms with Crippen molar-refractivity contribution in [3.63, 3.8) is 0 Å². The molecule has 5 heteroatoms. The predicted octanol–water partition coefficient (Wildman–Crippen LogP) is 4.98. The van der Waals surface area contributed by atoms with Crippen molar-refractivity contribution in [1.82, 2.24) is 10.2 Å². The van der Waals surface area contributed by atoms with E-state index in [0.717, 1.165) is 38.0 Å². The normalized spacial score (nSPS) is 14.6. The van der Waals surface area contributed by atoms with E-state index in [2.05, 4.69) is 41.4 Å². The quantitative estimate of drug-likeness (QED) is 0.533. The third-order valence-corrected chi connectivity index (χ3v) is 6.07. The van der Waals surface area contributed by atoms with E-state index >= 15 is 0 Å². The molecule has 0 saturated carbocycles. The highest BCUT2D eigenvalue weighted by atomic mass is 16.5. The van der Waals surface area contributed by atoms with Gasteiger partial charge in [-0.1, -0.05) is 60.2 Å². The highest BCUT2D eigenvalue weighted by molar-refractivity contribution is 5.95. The Morgan fingerprint density at radius 3 is 2.42 bits per heavy atom. The van der Waals surface area contributed by atoms with Gasteiger partial charge in [-0.2, -0.15) is 0 Å². The number of aryl methyl sites for hydroxylation is 1. The molecule has 33 heavy (non-hydrogen) atoms. The van der Waals surface area contributed by atoms with Crippen LogP contribution in [0.25, 0.3) is 0 Å². The molecule has 1 N–H and O–H groups in total. The van der Waals surface area contributed by atoms with Gasteiger partial charge in [0.15, 0.2) is 11.5 Å². The third-order valence-electron chi connectivity index (χ3n) is 6.07. The number of hydrogen-bond acceptors (Lipinski definition) is 4. The molecule has 3 aromatic carbocycles. The van der Waals surface area contributed by atoms with Crippen molar-refractivity contribution < 1.29 is 14.3 Å². The van der Waals surface area contributed by atoms with E-state index in [1.807, 2.05) is 30.3 Å². The minimum atomic E-state index is -0.0694. The van der Waals surface area contributed by atoms with Crippen molar-refractivity contribution in [2.24, 2.45) is 0 Å². The van der Waals surface area contributed by atoms with Crippen LogP contribution in [0.2, 0.25) is 0 Å². The molecule has 0 spiro atoms. The van der Waals surface area contributed by atoms with Crippen molar-refractivity contribution in [2.75, 3.05) is 20.2 Å². The number of nitrogens with one attached hydrogen (secondary N) is 1. The highest BCUT2D eigenvalue weighted by Crippen LogP contribution is 2.29. The Labute approximate surface area is 196 Å². The number of hydrogen-bond donors (Lipinski definition) is 1. The zero-order valence-corrected chi connectivity index (χ0v) is 19.4. The van der Waals surface area contributed by atoms with Crippen LogP contribution in [0.15, 0.2) is 72.8 Å². The highest BCUT2D eigenvalue weighted by Gasteiger charge is 2.22. The van der Waals surface area contributed by atoms with Gasteiger partial charge in [0.05, 0.1) is 7.11 Å². The molecule has 0 radical (unpaired) electrons. The summed E-state index contributed by atoms with van der Waals surface area (Å²) in [5, 5.41) is 3.20. The minimum Gasteiger partial charge on any atom is -0.493 e. The summed E-state index contributed by atoms with van der Waals surface area (Å²) in [6.45, 7) is 5.50. The fraction of sp³-hybridized carbons (Fsp3) is 0.321. The lowest BCUT2D eigenvalue weighted by atomic mass is 10.0. The van der Waals surface area contributed by atoms with Crippen LogP contribution in [-0.4, -0.2) is 37.0 Å². The summed E-state index contributed by atoms with van der Waals surface area (Å²) < 4.78 is 11.4. The number of likely N-dealkylation sites (tertiary alicyclic amines) is 1. The van der Waals surface area contributed by atoms with Gasteiger partial charge in [0.25, 0.3) is 5.91 Å². The number of nitrogens with zero attached hydrogens (tertiary/aromatic N) is 1. The average molecular weight is 445 g/mol. The van der Waals surface area contributed by atoms with Gasteiger partial charge < -0.3 is 14.8 Å². The molecule has 0 aliphatic carbocycles. The van der Waals surface area contributed by atoms with E-state index in [1.165, 1.54) is 11.1 Å². The summed E-state index contributed by atoms with van der Waals surface area (Å²) >= 11 is 0. The van der Waals surface area contributed by atoms with E-state index in [9.17, 15) is 4.79 Å². The Hall–Kier alpha value is -3.31. The standard InChI is InChI=1S/C28H32N2O3/c1-21-7-6-10-23(17-21)19-30-15-13-25(14-16-30)29-28(31)24-11-12-26(27(18-24)32-2)33-20-22-8-4-3-5-9-22/h3-12,17-18,25H,13-16,19-20H2,1-2H3,(H,29,31). The molecule has 1 fully saturated rings. The van der Waals surface area contributed by atoms with Crippen molar-refractivity contribution in [3.8, 4) is 11.5 Å². The molecule has 5 nitrogen and oxygen atoms in total. The van der Waals surface area contributed by atoms with Gasteiger partial charge in [0.2, 0.25) is 0 Å². The molecule has 1 amide bonds. The molecular weight excluding hydrogens is 412 g/mol. The lowest BCUT2D eigenvalue weighted by Gasteiger charge is -2.32. The van der Waals surface area contributed by atoms with E-state index in [1.54, 1.807) is 25.3 Å². The van der Waals surface area contributed by atoms with E-state index in [-0.39, 0.29) is 11.9 Å². The molecule has 3 aromatic rings. The molecule has 0 atom stereocenters. The first-order chi connectivity index (χ1) is 16.1. The zero-order chi connectivity index (χ0) is 23.0. The fourth-order valence-corrected chi connectivity index (χ4v) is 4.24. The van der Waals surface area contributed by atoms with Crippen LogP contribution in [0.1, 0.15) is 39.9 Å². The van der Waals surface area contributed by atoms with Crippen LogP contribution in [0.4, 0.5) is 0 Å². The van der Waals surface area contributed by atoms with Crippen LogP contribution >= 0.6 is 0 Å². The van der Waals surface area contributed by atoms with Gasteiger partial charge in [-0.15, -0.1) is 0 Å². The predicted molar refractivity (Wildman–Crippen MR) is 131 cm³/mol. The lowest BCUT2D eigenvalue weighted by Crippen LogP contribution is -2.44. The van der Waals surface area contributed by atoms with E-state index in [4.69, 9.17) is 9.47 Å². The topological polar surface area (TPSA) is 50.8 Å². The van der Waals surface area contributed by atoms with Crippen LogP contribution < -0.4 is 14.8 Å². The van der Waals surface area contributed by atoms with Gasteiger partial charge in [-0.3, -0.25) is 9.69 Å². The van der Waals surface area contributed by atoms with Gasteiger partial charge in [0, 0.05) is 31.2 Å². The number of amides is 1. The fourth-order valence-electron chi connectivity index (χ4n) is 4.24. The first-order valence-corrected chi connectivity index (χ1v) is 11.5. The number of rotatable bonds is 8. The lowest BCUT2D eigenvalue weighted by molar-refractivity contribution is 0.0908. The van der Waals surface area contributed by atoms with Crippen LogP contribution in [0.3, 0.4) is 0 Å². The van der Waals surface area contributed by atoms with Gasteiger partial charge in [0.1, 0.15) is 6.61 Å². The zero-order valence-electron chi connectivity index (χ0n) is 19.4. The van der Waals surface area contributed by atoms with Crippen molar-refractivity contribution in [3.05, 3.63) is 95.1 Å². The summed E-state index contributed by atoms with van der Waals surface area (Å²) in [7, 11) is 1.59. The second-order valence-electron chi connectivity index (χ2n) is 8.65. The molecule has 1 aliphatic rings. The maximum Gasteiger partial charge on any atom is 0.251 e. The van der Waals surface area contributed by atoms with Gasteiger partial charge in [-0.05, 0) is 49.1 Å². The summed E-state index contributed by atoms with van der Waals surface area (Å²) in [5.41, 5.74) is 4.30. The smallest absolute Gasteiger partial charge is 0.251 e. The monoisotopic (exact) mass is 444 g/mol. The summed E-state index contributed by atoms with van der Waals surface area (Å²) in [4.78, 5) is 15.3. The second kappa shape index (κ2) is 11.0. The number of benzene rings is 3. The Balaban J connectivity index is 1.29. The number of piperidine rings is 1. The van der Waals surface area contributed by atoms with Crippen LogP contribution in [0, 0.1) is 6.92 Å². The molecule has 1 aliphatic heterocycles. The summed E-state index contributed by atoms with van der Waals surface area (Å²) in [6, 6.07) is 24.2.